The summed E-state index contributed by atoms with van der Waals surface area (Å²) in [5.74, 6) is 0.194. The van der Waals surface area contributed by atoms with E-state index in [1.807, 2.05) is 43.3 Å². The molecule has 0 bridgehead atoms. The van der Waals surface area contributed by atoms with Gasteiger partial charge in [0.2, 0.25) is 0 Å². The number of hydrogen-bond acceptors (Lipinski definition) is 5. The lowest BCUT2D eigenvalue weighted by molar-refractivity contribution is -0.118. The van der Waals surface area contributed by atoms with Gasteiger partial charge in [0.1, 0.15) is 16.3 Å². The van der Waals surface area contributed by atoms with Gasteiger partial charge in [-0.25, -0.2) is 4.79 Å². The normalized spacial score (nSPS) is 10.8. The van der Waals surface area contributed by atoms with Crippen molar-refractivity contribution in [1.29, 1.82) is 0 Å². The summed E-state index contributed by atoms with van der Waals surface area (Å²) < 4.78 is 10.9. The molecule has 32 heavy (non-hydrogen) atoms. The summed E-state index contributed by atoms with van der Waals surface area (Å²) in [6, 6.07) is 14.9. The number of rotatable bonds is 8. The van der Waals surface area contributed by atoms with Gasteiger partial charge in [-0.15, -0.1) is 11.3 Å². The Hall–Kier alpha value is -2.83. The molecule has 5 nitrogen and oxygen atoms in total. The molecule has 0 saturated carbocycles. The van der Waals surface area contributed by atoms with Crippen molar-refractivity contribution in [2.24, 2.45) is 0 Å². The number of aryl methyl sites for hydroxylation is 1. The molecule has 0 fully saturated rings. The first-order valence-corrected chi connectivity index (χ1v) is 11.6. The molecule has 3 aromatic rings. The number of hydrogen-bond donors (Lipinski definition) is 1. The molecule has 1 N–H and O–H groups in total. The summed E-state index contributed by atoms with van der Waals surface area (Å²) in [4.78, 5) is 26.2. The van der Waals surface area contributed by atoms with E-state index in [1.54, 1.807) is 19.1 Å². The number of carbonyl (C=O) groups excluding carboxylic acids is 2. The van der Waals surface area contributed by atoms with E-state index in [2.05, 4.69) is 19.2 Å². The molecule has 7 heteroatoms. The second kappa shape index (κ2) is 10.7. The summed E-state index contributed by atoms with van der Waals surface area (Å²) in [6.45, 7) is 7.94. The SMILES string of the molecule is CCOC(=O)c1c(NC(=O)COc2ccc(C(C)C)cc2)sc(C)c1-c1ccc(Cl)cc1. The highest BCUT2D eigenvalue weighted by atomic mass is 35.5. The van der Waals surface area contributed by atoms with Crippen molar-refractivity contribution in [2.75, 3.05) is 18.5 Å². The minimum Gasteiger partial charge on any atom is -0.484 e. The van der Waals surface area contributed by atoms with E-state index < -0.39 is 5.97 Å². The fraction of sp³-hybridized carbons (Fsp3) is 0.280. The van der Waals surface area contributed by atoms with Gasteiger partial charge >= 0.3 is 5.97 Å². The first-order chi connectivity index (χ1) is 15.3. The van der Waals surface area contributed by atoms with E-state index in [9.17, 15) is 9.59 Å². The van der Waals surface area contributed by atoms with E-state index in [4.69, 9.17) is 21.1 Å². The van der Waals surface area contributed by atoms with Crippen LogP contribution < -0.4 is 10.1 Å². The Bertz CT molecular complexity index is 1090. The van der Waals surface area contributed by atoms with Crippen LogP contribution in [0.5, 0.6) is 5.75 Å². The maximum absolute atomic E-state index is 12.8. The van der Waals surface area contributed by atoms with E-state index in [0.29, 0.717) is 27.3 Å². The van der Waals surface area contributed by atoms with E-state index in [1.165, 1.54) is 16.9 Å². The van der Waals surface area contributed by atoms with E-state index >= 15 is 0 Å². The third kappa shape index (κ3) is 5.69. The molecule has 168 valence electrons. The molecule has 1 amide bonds. The molecule has 0 aliphatic carbocycles. The Balaban J connectivity index is 1.80. The van der Waals surface area contributed by atoms with Crippen LogP contribution in [-0.4, -0.2) is 25.1 Å². The van der Waals surface area contributed by atoms with Crippen molar-refractivity contribution >= 4 is 39.8 Å². The van der Waals surface area contributed by atoms with Gasteiger partial charge in [0.05, 0.1) is 6.61 Å². The molecule has 0 atom stereocenters. The Morgan fingerprint density at radius 1 is 1.06 bits per heavy atom. The van der Waals surface area contributed by atoms with Gasteiger partial charge in [0.25, 0.3) is 5.91 Å². The summed E-state index contributed by atoms with van der Waals surface area (Å²) in [5, 5.41) is 3.86. The quantitative estimate of drug-likeness (QED) is 0.371. The van der Waals surface area contributed by atoms with Gasteiger partial charge in [-0.2, -0.15) is 0 Å². The number of ether oxygens (including phenoxy) is 2. The van der Waals surface area contributed by atoms with Crippen molar-refractivity contribution in [2.45, 2.75) is 33.6 Å². The van der Waals surface area contributed by atoms with E-state index in [-0.39, 0.29) is 19.1 Å². The molecule has 0 unspecified atom stereocenters. The van der Waals surface area contributed by atoms with Crippen LogP contribution in [0.2, 0.25) is 5.02 Å². The summed E-state index contributed by atoms with van der Waals surface area (Å²) >= 11 is 7.34. The van der Waals surface area contributed by atoms with Crippen molar-refractivity contribution in [3.8, 4) is 16.9 Å². The van der Waals surface area contributed by atoms with Gasteiger partial charge in [0.15, 0.2) is 6.61 Å². The van der Waals surface area contributed by atoms with E-state index in [0.717, 1.165) is 16.0 Å². The van der Waals surface area contributed by atoms with Crippen LogP contribution in [0.1, 0.15) is 47.5 Å². The zero-order valence-corrected chi connectivity index (χ0v) is 20.1. The second-order valence-corrected chi connectivity index (χ2v) is 9.19. The van der Waals surface area contributed by atoms with Crippen LogP contribution >= 0.6 is 22.9 Å². The molecule has 1 aromatic heterocycles. The van der Waals surface area contributed by atoms with Crippen LogP contribution in [0.4, 0.5) is 5.00 Å². The number of thiophene rings is 1. The molecule has 0 radical (unpaired) electrons. The first kappa shape index (κ1) is 23.8. The highest BCUT2D eigenvalue weighted by Crippen LogP contribution is 2.40. The van der Waals surface area contributed by atoms with Gasteiger partial charge in [-0.05, 0) is 55.2 Å². The fourth-order valence-corrected chi connectivity index (χ4v) is 4.46. The van der Waals surface area contributed by atoms with Crippen LogP contribution in [0.25, 0.3) is 11.1 Å². The lowest BCUT2D eigenvalue weighted by atomic mass is 10.0. The van der Waals surface area contributed by atoms with Crippen molar-refractivity contribution in [3.05, 3.63) is 69.6 Å². The molecule has 0 saturated heterocycles. The molecule has 0 spiro atoms. The van der Waals surface area contributed by atoms with Crippen LogP contribution in [0.15, 0.2) is 48.5 Å². The van der Waals surface area contributed by atoms with Crippen molar-refractivity contribution < 1.29 is 19.1 Å². The van der Waals surface area contributed by atoms with Gasteiger partial charge < -0.3 is 14.8 Å². The van der Waals surface area contributed by atoms with Gasteiger partial charge in [0, 0.05) is 15.5 Å². The monoisotopic (exact) mass is 471 g/mol. The summed E-state index contributed by atoms with van der Waals surface area (Å²) in [6.07, 6.45) is 0. The predicted octanol–water partition coefficient (Wildman–Crippen LogP) is 6.69. The zero-order valence-electron chi connectivity index (χ0n) is 18.5. The van der Waals surface area contributed by atoms with Crippen molar-refractivity contribution in [3.63, 3.8) is 0 Å². The minimum atomic E-state index is -0.484. The zero-order chi connectivity index (χ0) is 23.3. The third-order valence-corrected chi connectivity index (χ3v) is 6.14. The predicted molar refractivity (Wildman–Crippen MR) is 130 cm³/mol. The molecule has 0 aliphatic heterocycles. The summed E-state index contributed by atoms with van der Waals surface area (Å²) in [5.41, 5.74) is 3.09. The molecule has 3 rings (SSSR count). The first-order valence-electron chi connectivity index (χ1n) is 10.4. The second-order valence-electron chi connectivity index (χ2n) is 7.53. The number of carbonyl (C=O) groups is 2. The Labute approximate surface area is 197 Å². The Kier molecular flexibility index (Phi) is 7.94. The smallest absolute Gasteiger partial charge is 0.341 e. The topological polar surface area (TPSA) is 64.6 Å². The van der Waals surface area contributed by atoms with Crippen molar-refractivity contribution in [1.82, 2.24) is 0 Å². The largest absolute Gasteiger partial charge is 0.484 e. The maximum atomic E-state index is 12.8. The average Bonchev–Trinajstić information content (AvgIpc) is 3.08. The van der Waals surface area contributed by atoms with Crippen LogP contribution in [0, 0.1) is 6.92 Å². The standard InChI is InChI=1S/C25H26ClNO4S/c1-5-30-25(29)23-22(18-6-10-19(26)11-7-18)16(4)32-24(23)27-21(28)14-31-20-12-8-17(9-13-20)15(2)3/h6-13,15H,5,14H2,1-4H3,(H,27,28). The number of anilines is 1. The number of amides is 1. The highest BCUT2D eigenvalue weighted by molar-refractivity contribution is 7.17. The third-order valence-electron chi connectivity index (χ3n) is 4.87. The molecule has 0 aliphatic rings. The Morgan fingerprint density at radius 3 is 2.31 bits per heavy atom. The molecule has 1 heterocycles. The lowest BCUT2D eigenvalue weighted by Crippen LogP contribution is -2.21. The average molecular weight is 472 g/mol. The van der Waals surface area contributed by atoms with Crippen LogP contribution in [0.3, 0.4) is 0 Å². The number of nitrogens with one attached hydrogen (secondary N) is 1. The molecular formula is C25H26ClNO4S. The minimum absolute atomic E-state index is 0.170. The number of benzene rings is 2. The lowest BCUT2D eigenvalue weighted by Gasteiger charge is -2.11. The number of esters is 1. The maximum Gasteiger partial charge on any atom is 0.341 e. The van der Waals surface area contributed by atoms with Crippen LogP contribution in [-0.2, 0) is 9.53 Å². The Morgan fingerprint density at radius 2 is 1.72 bits per heavy atom. The summed E-state index contributed by atoms with van der Waals surface area (Å²) in [7, 11) is 0. The fourth-order valence-electron chi connectivity index (χ4n) is 3.26. The van der Waals surface area contributed by atoms with Gasteiger partial charge in [-0.1, -0.05) is 49.7 Å². The highest BCUT2D eigenvalue weighted by Gasteiger charge is 2.25. The molecule has 2 aromatic carbocycles. The number of halogens is 1. The van der Waals surface area contributed by atoms with Gasteiger partial charge in [-0.3, -0.25) is 4.79 Å². The molecular weight excluding hydrogens is 446 g/mol.